The predicted molar refractivity (Wildman–Crippen MR) is 78.6 cm³/mol. The summed E-state index contributed by atoms with van der Waals surface area (Å²) in [6.45, 7) is 0. The standard InChI is InChI=1S/C15H21NO2S/c1-16-15(14(17)18)10-5-6-12(15)9-11-19-13-7-3-2-4-8-13/h2-4,7-8,12,16H,5-6,9-11H2,1H3,(H,17,18). The monoisotopic (exact) mass is 279 g/mol. The summed E-state index contributed by atoms with van der Waals surface area (Å²) in [4.78, 5) is 12.8. The van der Waals surface area contributed by atoms with Crippen LogP contribution in [0, 0.1) is 5.92 Å². The van der Waals surface area contributed by atoms with Gasteiger partial charge >= 0.3 is 5.97 Å². The Bertz CT molecular complexity index is 423. The second-order valence-electron chi connectivity index (χ2n) is 5.07. The van der Waals surface area contributed by atoms with Gasteiger partial charge < -0.3 is 10.4 Å². The molecule has 1 aliphatic carbocycles. The molecule has 3 nitrogen and oxygen atoms in total. The first-order chi connectivity index (χ1) is 9.19. The van der Waals surface area contributed by atoms with E-state index in [1.807, 2.05) is 30.0 Å². The van der Waals surface area contributed by atoms with Gasteiger partial charge in [-0.15, -0.1) is 11.8 Å². The maximum absolute atomic E-state index is 11.5. The van der Waals surface area contributed by atoms with E-state index in [0.29, 0.717) is 0 Å². The number of carboxylic acid groups (broad SMARTS) is 1. The SMILES string of the molecule is CNC1(C(=O)O)CCCC1CCSc1ccccc1. The number of benzene rings is 1. The Morgan fingerprint density at radius 2 is 2.21 bits per heavy atom. The van der Waals surface area contributed by atoms with Crippen molar-refractivity contribution in [3.05, 3.63) is 30.3 Å². The van der Waals surface area contributed by atoms with Crippen LogP contribution < -0.4 is 5.32 Å². The summed E-state index contributed by atoms with van der Waals surface area (Å²) in [5.41, 5.74) is -0.697. The molecule has 1 aliphatic rings. The molecule has 19 heavy (non-hydrogen) atoms. The Morgan fingerprint density at radius 3 is 2.84 bits per heavy atom. The minimum atomic E-state index is -0.697. The van der Waals surface area contributed by atoms with E-state index in [2.05, 4.69) is 17.4 Å². The molecule has 1 fully saturated rings. The first-order valence-electron chi connectivity index (χ1n) is 6.79. The maximum Gasteiger partial charge on any atom is 0.324 e. The lowest BCUT2D eigenvalue weighted by molar-refractivity contribution is -0.146. The first kappa shape index (κ1) is 14.4. The minimum Gasteiger partial charge on any atom is -0.480 e. The smallest absolute Gasteiger partial charge is 0.324 e. The van der Waals surface area contributed by atoms with Gasteiger partial charge in [-0.2, -0.15) is 0 Å². The number of carboxylic acids is 1. The topological polar surface area (TPSA) is 49.3 Å². The number of hydrogen-bond acceptors (Lipinski definition) is 3. The Morgan fingerprint density at radius 1 is 1.47 bits per heavy atom. The lowest BCUT2D eigenvalue weighted by atomic mass is 9.85. The summed E-state index contributed by atoms with van der Waals surface area (Å²) < 4.78 is 0. The van der Waals surface area contributed by atoms with Crippen LogP contribution in [0.25, 0.3) is 0 Å². The van der Waals surface area contributed by atoms with E-state index in [0.717, 1.165) is 31.4 Å². The van der Waals surface area contributed by atoms with E-state index < -0.39 is 11.5 Å². The molecule has 1 saturated carbocycles. The van der Waals surface area contributed by atoms with Crippen molar-refractivity contribution >= 4 is 17.7 Å². The van der Waals surface area contributed by atoms with Crippen molar-refractivity contribution in [3.63, 3.8) is 0 Å². The zero-order chi connectivity index (χ0) is 13.7. The normalized spacial score (nSPS) is 26.5. The molecule has 2 unspecified atom stereocenters. The van der Waals surface area contributed by atoms with E-state index in [1.165, 1.54) is 4.90 Å². The van der Waals surface area contributed by atoms with Crippen LogP contribution in [-0.4, -0.2) is 29.4 Å². The van der Waals surface area contributed by atoms with Gasteiger partial charge in [0, 0.05) is 4.90 Å². The van der Waals surface area contributed by atoms with Gasteiger partial charge in [-0.1, -0.05) is 24.6 Å². The fraction of sp³-hybridized carbons (Fsp3) is 0.533. The molecule has 1 aromatic rings. The third kappa shape index (κ3) is 3.12. The van der Waals surface area contributed by atoms with Crippen molar-refractivity contribution in [2.45, 2.75) is 36.1 Å². The van der Waals surface area contributed by atoms with Crippen LogP contribution in [0.4, 0.5) is 0 Å². The number of nitrogens with one attached hydrogen (secondary N) is 1. The van der Waals surface area contributed by atoms with Crippen molar-refractivity contribution in [1.82, 2.24) is 5.32 Å². The Hall–Kier alpha value is -1.00. The number of hydrogen-bond donors (Lipinski definition) is 2. The van der Waals surface area contributed by atoms with Crippen molar-refractivity contribution in [3.8, 4) is 0 Å². The molecule has 104 valence electrons. The largest absolute Gasteiger partial charge is 0.480 e. The third-order valence-corrected chi connectivity index (χ3v) is 5.17. The molecule has 0 spiro atoms. The number of aliphatic carboxylic acids is 1. The van der Waals surface area contributed by atoms with E-state index in [9.17, 15) is 9.90 Å². The lowest BCUT2D eigenvalue weighted by Crippen LogP contribution is -2.53. The molecule has 0 aliphatic heterocycles. The number of likely N-dealkylation sites (N-methyl/N-ethyl adjacent to an activating group) is 1. The molecular formula is C15H21NO2S. The van der Waals surface area contributed by atoms with Gasteiger partial charge in [0.1, 0.15) is 5.54 Å². The fourth-order valence-corrected chi connectivity index (χ4v) is 4.01. The Balaban J connectivity index is 1.90. The average Bonchev–Trinajstić information content (AvgIpc) is 2.84. The van der Waals surface area contributed by atoms with Gasteiger partial charge in [-0.3, -0.25) is 4.79 Å². The fourth-order valence-electron chi connectivity index (χ4n) is 3.02. The van der Waals surface area contributed by atoms with Gasteiger partial charge in [0.15, 0.2) is 0 Å². The molecule has 0 saturated heterocycles. The van der Waals surface area contributed by atoms with Crippen molar-refractivity contribution in [2.24, 2.45) is 5.92 Å². The molecule has 0 amide bonds. The summed E-state index contributed by atoms with van der Waals surface area (Å²) in [6, 6.07) is 10.3. The molecule has 0 bridgehead atoms. The van der Waals surface area contributed by atoms with Gasteiger partial charge in [0.25, 0.3) is 0 Å². The van der Waals surface area contributed by atoms with E-state index in [-0.39, 0.29) is 5.92 Å². The van der Waals surface area contributed by atoms with Gasteiger partial charge in [-0.05, 0) is 50.1 Å². The lowest BCUT2D eigenvalue weighted by Gasteiger charge is -2.30. The molecule has 0 aromatic heterocycles. The summed E-state index contributed by atoms with van der Waals surface area (Å²) in [6.07, 6.45) is 3.72. The summed E-state index contributed by atoms with van der Waals surface area (Å²) in [5, 5.41) is 12.5. The van der Waals surface area contributed by atoms with Gasteiger partial charge in [0.2, 0.25) is 0 Å². The Kier molecular flexibility index (Phi) is 4.88. The van der Waals surface area contributed by atoms with Crippen LogP contribution in [0.2, 0.25) is 0 Å². The zero-order valence-electron chi connectivity index (χ0n) is 11.3. The van der Waals surface area contributed by atoms with Crippen LogP contribution in [-0.2, 0) is 4.79 Å². The third-order valence-electron chi connectivity index (χ3n) is 4.13. The summed E-state index contributed by atoms with van der Waals surface area (Å²) >= 11 is 1.81. The Labute approximate surface area is 118 Å². The summed E-state index contributed by atoms with van der Waals surface area (Å²) in [5.74, 6) is 0.527. The zero-order valence-corrected chi connectivity index (χ0v) is 12.1. The van der Waals surface area contributed by atoms with Crippen molar-refractivity contribution in [1.29, 1.82) is 0 Å². The quantitative estimate of drug-likeness (QED) is 0.786. The average molecular weight is 279 g/mol. The van der Waals surface area contributed by atoms with Crippen LogP contribution >= 0.6 is 11.8 Å². The molecule has 0 heterocycles. The van der Waals surface area contributed by atoms with Crippen LogP contribution in [0.3, 0.4) is 0 Å². The van der Waals surface area contributed by atoms with E-state index in [4.69, 9.17) is 0 Å². The maximum atomic E-state index is 11.5. The second-order valence-corrected chi connectivity index (χ2v) is 6.23. The molecular weight excluding hydrogens is 258 g/mol. The van der Waals surface area contributed by atoms with Crippen molar-refractivity contribution in [2.75, 3.05) is 12.8 Å². The highest BCUT2D eigenvalue weighted by Gasteiger charge is 2.47. The predicted octanol–water partition coefficient (Wildman–Crippen LogP) is 3.01. The van der Waals surface area contributed by atoms with Gasteiger partial charge in [0.05, 0.1) is 0 Å². The first-order valence-corrected chi connectivity index (χ1v) is 7.78. The van der Waals surface area contributed by atoms with E-state index in [1.54, 1.807) is 7.05 Å². The molecule has 4 heteroatoms. The van der Waals surface area contributed by atoms with Crippen molar-refractivity contribution < 1.29 is 9.90 Å². The van der Waals surface area contributed by atoms with Crippen LogP contribution in [0.5, 0.6) is 0 Å². The highest BCUT2D eigenvalue weighted by molar-refractivity contribution is 7.99. The van der Waals surface area contributed by atoms with Crippen LogP contribution in [0.1, 0.15) is 25.7 Å². The molecule has 0 radical (unpaired) electrons. The second kappa shape index (κ2) is 6.44. The number of thioether (sulfide) groups is 1. The number of rotatable bonds is 6. The molecule has 2 N–H and O–H groups in total. The number of carbonyl (C=O) groups is 1. The molecule has 1 aromatic carbocycles. The van der Waals surface area contributed by atoms with Gasteiger partial charge in [-0.25, -0.2) is 0 Å². The highest BCUT2D eigenvalue weighted by Crippen LogP contribution is 2.39. The molecule has 2 atom stereocenters. The highest BCUT2D eigenvalue weighted by atomic mass is 32.2. The van der Waals surface area contributed by atoms with Crippen LogP contribution in [0.15, 0.2) is 35.2 Å². The summed E-state index contributed by atoms with van der Waals surface area (Å²) in [7, 11) is 1.77. The molecule has 2 rings (SSSR count). The van der Waals surface area contributed by atoms with E-state index >= 15 is 0 Å². The minimum absolute atomic E-state index is 0.242.